The zero-order valence-corrected chi connectivity index (χ0v) is 21.0. The van der Waals surface area contributed by atoms with Crippen LogP contribution in [0.4, 0.5) is 0 Å². The average Bonchev–Trinajstić information content (AvgIpc) is 3.28. The fourth-order valence-corrected chi connectivity index (χ4v) is 10.3. The molecule has 6 nitrogen and oxygen atoms in total. The van der Waals surface area contributed by atoms with Crippen molar-refractivity contribution in [2.75, 3.05) is 13.1 Å². The molecule has 6 atom stereocenters. The van der Waals surface area contributed by atoms with Gasteiger partial charge in [-0.05, 0) is 104 Å². The number of hydrogen-bond donors (Lipinski definition) is 1. The van der Waals surface area contributed by atoms with Crippen molar-refractivity contribution in [2.24, 2.45) is 24.3 Å². The molecule has 4 bridgehead atoms. The van der Waals surface area contributed by atoms with Gasteiger partial charge in [0.1, 0.15) is 11.3 Å². The third-order valence-corrected chi connectivity index (χ3v) is 11.7. The van der Waals surface area contributed by atoms with Crippen molar-refractivity contribution in [2.45, 2.75) is 74.9 Å². The fourth-order valence-electron chi connectivity index (χ4n) is 10.3. The molecule has 2 saturated heterocycles. The minimum absolute atomic E-state index is 0.0223. The van der Waals surface area contributed by atoms with Gasteiger partial charge in [-0.2, -0.15) is 0 Å². The van der Waals surface area contributed by atoms with E-state index < -0.39 is 0 Å². The molecule has 1 aromatic heterocycles. The summed E-state index contributed by atoms with van der Waals surface area (Å²) in [5.74, 6) is 1.16. The van der Waals surface area contributed by atoms with Crippen LogP contribution in [0.2, 0.25) is 0 Å². The van der Waals surface area contributed by atoms with Crippen LogP contribution in [0.25, 0.3) is 0 Å². The maximum atomic E-state index is 13.8. The number of hydrogen-bond acceptors (Lipinski definition) is 4. The summed E-state index contributed by atoms with van der Waals surface area (Å²) in [7, 11) is 1.72. The van der Waals surface area contributed by atoms with Gasteiger partial charge in [-0.3, -0.25) is 14.5 Å². The van der Waals surface area contributed by atoms with Crippen LogP contribution in [-0.2, 0) is 18.9 Å². The number of phenolic OH excluding ortho intramolecular Hbond substituents is 1. The Hall–Kier alpha value is -2.60. The summed E-state index contributed by atoms with van der Waals surface area (Å²) < 4.78 is 1.51. The van der Waals surface area contributed by atoms with Crippen molar-refractivity contribution >= 4 is 5.91 Å². The fraction of sp³-hybridized carbons (Fsp3) is 0.600. The molecule has 4 aliphatic carbocycles. The maximum Gasteiger partial charge on any atom is 0.263 e. The zero-order chi connectivity index (χ0) is 24.4. The van der Waals surface area contributed by atoms with Crippen LogP contribution in [0.5, 0.6) is 5.75 Å². The van der Waals surface area contributed by atoms with E-state index >= 15 is 0 Å². The van der Waals surface area contributed by atoms with Gasteiger partial charge in [0, 0.05) is 43.3 Å². The van der Waals surface area contributed by atoms with Gasteiger partial charge >= 0.3 is 0 Å². The largest absolute Gasteiger partial charge is 0.508 e. The van der Waals surface area contributed by atoms with Gasteiger partial charge in [0.2, 0.25) is 0 Å². The van der Waals surface area contributed by atoms with Crippen LogP contribution < -0.4 is 5.56 Å². The zero-order valence-electron chi connectivity index (χ0n) is 21.0. The second kappa shape index (κ2) is 7.03. The molecule has 36 heavy (non-hydrogen) atoms. The molecular weight excluding hydrogens is 450 g/mol. The number of aromatic nitrogens is 1. The van der Waals surface area contributed by atoms with E-state index in [0.717, 1.165) is 44.8 Å². The second-order valence-electron chi connectivity index (χ2n) is 12.7. The van der Waals surface area contributed by atoms with E-state index in [-0.39, 0.29) is 28.3 Å². The number of benzene rings is 1. The lowest BCUT2D eigenvalue weighted by Crippen LogP contribution is -2.71. The maximum absolute atomic E-state index is 13.8. The number of nitrogens with zero attached hydrogens (tertiary/aromatic N) is 3. The number of rotatable bonds is 2. The SMILES string of the molecule is Cn1cccc(C(=O)N2C[C@H]3CC45CCC2C3C42CCN(C3CCC3)C5Cc3ccc(O)cc32)c1=O. The molecule has 5 fully saturated rings. The Labute approximate surface area is 211 Å². The molecule has 6 aliphatic rings. The number of aromatic hydroxyl groups is 1. The average molecular weight is 486 g/mol. The van der Waals surface area contributed by atoms with Crippen molar-refractivity contribution < 1.29 is 9.90 Å². The van der Waals surface area contributed by atoms with Crippen LogP contribution in [0.1, 0.15) is 66.4 Å². The Balaban J connectivity index is 1.26. The number of amides is 1. The molecule has 3 saturated carbocycles. The molecule has 2 aromatic rings. The van der Waals surface area contributed by atoms with Crippen molar-refractivity contribution in [1.82, 2.24) is 14.4 Å². The van der Waals surface area contributed by atoms with E-state index in [0.29, 0.717) is 29.2 Å². The summed E-state index contributed by atoms with van der Waals surface area (Å²) >= 11 is 0. The Morgan fingerprint density at radius 2 is 2.00 bits per heavy atom. The molecule has 0 radical (unpaired) electrons. The second-order valence-corrected chi connectivity index (χ2v) is 12.7. The molecule has 1 aromatic carbocycles. The van der Waals surface area contributed by atoms with Crippen molar-refractivity contribution in [1.29, 1.82) is 0 Å². The number of likely N-dealkylation sites (tertiary alicyclic amines) is 2. The Bertz CT molecular complexity index is 1350. The highest BCUT2D eigenvalue weighted by Gasteiger charge is 2.76. The highest BCUT2D eigenvalue weighted by molar-refractivity contribution is 5.94. The van der Waals surface area contributed by atoms with Gasteiger partial charge in [-0.1, -0.05) is 12.5 Å². The Morgan fingerprint density at radius 3 is 2.81 bits per heavy atom. The number of fused-ring (bicyclic) bond motifs is 1. The van der Waals surface area contributed by atoms with Gasteiger partial charge in [0.15, 0.2) is 0 Å². The summed E-state index contributed by atoms with van der Waals surface area (Å²) in [5.41, 5.74) is 3.16. The number of phenols is 1. The predicted molar refractivity (Wildman–Crippen MR) is 136 cm³/mol. The van der Waals surface area contributed by atoms with Crippen LogP contribution in [0.15, 0.2) is 41.3 Å². The molecule has 5 unspecified atom stereocenters. The third-order valence-electron chi connectivity index (χ3n) is 11.7. The summed E-state index contributed by atoms with van der Waals surface area (Å²) in [6.07, 6.45) is 11.3. The first-order chi connectivity index (χ1) is 17.4. The van der Waals surface area contributed by atoms with Gasteiger partial charge < -0.3 is 14.6 Å². The van der Waals surface area contributed by atoms with Gasteiger partial charge in [-0.15, -0.1) is 0 Å². The quantitative estimate of drug-likeness (QED) is 0.708. The van der Waals surface area contributed by atoms with E-state index in [1.807, 2.05) is 6.07 Å². The highest BCUT2D eigenvalue weighted by Crippen LogP contribution is 2.75. The molecule has 2 aliphatic heterocycles. The molecule has 188 valence electrons. The normalized spacial score (nSPS) is 38.4. The minimum Gasteiger partial charge on any atom is -0.508 e. The molecule has 0 spiro atoms. The highest BCUT2D eigenvalue weighted by atomic mass is 16.3. The van der Waals surface area contributed by atoms with Crippen molar-refractivity contribution in [3.8, 4) is 5.75 Å². The molecule has 3 heterocycles. The number of pyridine rings is 1. The summed E-state index contributed by atoms with van der Waals surface area (Å²) in [6.45, 7) is 1.90. The Morgan fingerprint density at radius 1 is 1.14 bits per heavy atom. The smallest absolute Gasteiger partial charge is 0.263 e. The molecule has 6 heteroatoms. The number of aryl methyl sites for hydroxylation is 1. The molecule has 1 amide bonds. The molecule has 8 rings (SSSR count). The van der Waals surface area contributed by atoms with Gasteiger partial charge in [0.25, 0.3) is 11.5 Å². The van der Waals surface area contributed by atoms with E-state index in [2.05, 4.69) is 21.9 Å². The first kappa shape index (κ1) is 21.5. The first-order valence-corrected chi connectivity index (χ1v) is 14.0. The Kier molecular flexibility index (Phi) is 4.20. The van der Waals surface area contributed by atoms with Crippen LogP contribution in [0.3, 0.4) is 0 Å². The van der Waals surface area contributed by atoms with E-state index in [1.54, 1.807) is 25.4 Å². The van der Waals surface area contributed by atoms with Crippen LogP contribution in [-0.4, -0.2) is 56.6 Å². The van der Waals surface area contributed by atoms with Gasteiger partial charge in [0.05, 0.1) is 0 Å². The summed E-state index contributed by atoms with van der Waals surface area (Å²) in [4.78, 5) is 31.6. The van der Waals surface area contributed by atoms with Crippen LogP contribution in [0, 0.1) is 17.3 Å². The first-order valence-electron chi connectivity index (χ1n) is 14.0. The lowest BCUT2D eigenvalue weighted by atomic mass is 9.43. The number of piperidine rings is 1. The standard InChI is InChI=1S/C30H35N3O3/c1-31-12-3-6-22(27(31)35)28(36)33-17-19-16-29-10-9-24(33)26(19)30(29)11-13-32(20-4-2-5-20)25(29)14-18-7-8-21(34)15-23(18)30/h3,6-8,12,15,19-20,24-26,34H,2,4-5,9-11,13-14,16-17H2,1H3/t19-,24?,25?,26?,29?,30?/m1/s1. The van der Waals surface area contributed by atoms with E-state index in [1.165, 1.54) is 41.4 Å². The lowest BCUT2D eigenvalue weighted by molar-refractivity contribution is -0.122. The number of carbonyl (C=O) groups is 1. The minimum atomic E-state index is -0.204. The monoisotopic (exact) mass is 485 g/mol. The third kappa shape index (κ3) is 2.38. The predicted octanol–water partition coefficient (Wildman–Crippen LogP) is 3.45. The van der Waals surface area contributed by atoms with Gasteiger partial charge in [-0.25, -0.2) is 0 Å². The van der Waals surface area contributed by atoms with Crippen molar-refractivity contribution in [3.63, 3.8) is 0 Å². The number of carbonyl (C=O) groups excluding carboxylic acids is 1. The van der Waals surface area contributed by atoms with E-state index in [9.17, 15) is 14.7 Å². The van der Waals surface area contributed by atoms with Crippen LogP contribution >= 0.6 is 0 Å². The van der Waals surface area contributed by atoms with Crippen molar-refractivity contribution in [3.05, 3.63) is 63.6 Å². The molecular formula is C30H35N3O3. The lowest BCUT2D eigenvalue weighted by Gasteiger charge is -2.68. The summed E-state index contributed by atoms with van der Waals surface area (Å²) in [6, 6.07) is 11.1. The summed E-state index contributed by atoms with van der Waals surface area (Å²) in [5, 5.41) is 10.6. The molecule has 1 N–H and O–H groups in total. The van der Waals surface area contributed by atoms with E-state index in [4.69, 9.17) is 0 Å². The topological polar surface area (TPSA) is 65.8 Å².